The van der Waals surface area contributed by atoms with Crippen LogP contribution in [0.3, 0.4) is 0 Å². The van der Waals surface area contributed by atoms with Crippen LogP contribution in [0.15, 0.2) is 24.3 Å². The molecule has 3 aromatic rings. The summed E-state index contributed by atoms with van der Waals surface area (Å²) >= 11 is -3.98. The molecule has 0 saturated carbocycles. The fourth-order valence-electron chi connectivity index (χ4n) is 5.97. The second-order valence-corrected chi connectivity index (χ2v) is 23.8. The number of pyridine rings is 2. The van der Waals surface area contributed by atoms with Gasteiger partial charge < -0.3 is 0 Å². The Morgan fingerprint density at radius 2 is 1.07 bits per heavy atom. The summed E-state index contributed by atoms with van der Waals surface area (Å²) in [7, 11) is 0. The van der Waals surface area contributed by atoms with E-state index in [2.05, 4.69) is 9.97 Å². The molecule has 0 atom stereocenters. The number of rotatable bonds is 12. The number of fused-ring (bicyclic) bond motifs is 1. The van der Waals surface area contributed by atoms with E-state index in [1.807, 2.05) is 20.8 Å². The zero-order chi connectivity index (χ0) is 32.3. The first-order valence-electron chi connectivity index (χ1n) is 14.9. The van der Waals surface area contributed by atoms with Crippen molar-refractivity contribution in [1.82, 2.24) is 9.97 Å². The molecule has 1 aromatic carbocycles. The van der Waals surface area contributed by atoms with Crippen LogP contribution >= 0.6 is 0 Å². The van der Waals surface area contributed by atoms with Crippen molar-refractivity contribution in [3.63, 3.8) is 0 Å². The molecule has 0 N–H and O–H groups in total. The molecule has 230 valence electrons. The Morgan fingerprint density at radius 1 is 0.651 bits per heavy atom. The summed E-state index contributed by atoms with van der Waals surface area (Å²) in [5, 5.41) is 0. The summed E-state index contributed by atoms with van der Waals surface area (Å²) in [5.41, 5.74) is -2.98. The first kappa shape index (κ1) is 31.7. The van der Waals surface area contributed by atoms with E-state index in [9.17, 15) is 17.6 Å². The molecule has 0 spiro atoms. The summed E-state index contributed by atoms with van der Waals surface area (Å²) in [6.45, 7) is 5.98. The summed E-state index contributed by atoms with van der Waals surface area (Å²) in [6.07, 6.45) is 4.64. The zero-order valence-electron chi connectivity index (χ0n) is 25.1. The third-order valence-electron chi connectivity index (χ3n) is 8.02. The van der Waals surface area contributed by atoms with Crippen LogP contribution in [0.5, 0.6) is 0 Å². The van der Waals surface area contributed by atoms with Gasteiger partial charge in [0, 0.05) is 0 Å². The Kier molecular flexibility index (Phi) is 10.2. The van der Waals surface area contributed by atoms with E-state index >= 15 is 17.6 Å². The van der Waals surface area contributed by atoms with Gasteiger partial charge in [0.05, 0.1) is 0 Å². The van der Waals surface area contributed by atoms with Crippen LogP contribution in [-0.2, 0) is 0 Å². The molecule has 0 amide bonds. The number of allylic oxidation sites excluding steroid dienone is 2. The van der Waals surface area contributed by atoms with Crippen molar-refractivity contribution < 1.29 is 36.5 Å². The van der Waals surface area contributed by atoms with Crippen LogP contribution in [0.4, 0.5) is 35.1 Å². The van der Waals surface area contributed by atoms with Gasteiger partial charge in [0.25, 0.3) is 0 Å². The minimum absolute atomic E-state index is 0.112. The van der Waals surface area contributed by atoms with Crippen molar-refractivity contribution in [3.05, 3.63) is 93.6 Å². The van der Waals surface area contributed by atoms with Crippen LogP contribution in [0, 0.1) is 47.1 Å². The average molecular weight is 716 g/mol. The molecule has 0 unspecified atom stereocenters. The molecule has 1 aliphatic carbocycles. The van der Waals surface area contributed by atoms with Crippen LogP contribution < -0.4 is 0 Å². The third kappa shape index (κ3) is 6.26. The van der Waals surface area contributed by atoms with Gasteiger partial charge in [0.2, 0.25) is 0 Å². The van der Waals surface area contributed by atoms with Crippen LogP contribution in [0.2, 0.25) is 13.3 Å². The molecular weight excluding hydrogens is 683 g/mol. The molecule has 1 aliphatic rings. The number of hydrogen-bond donors (Lipinski definition) is 0. The predicted molar refractivity (Wildman–Crippen MR) is 154 cm³/mol. The van der Waals surface area contributed by atoms with Gasteiger partial charge in [0.1, 0.15) is 0 Å². The van der Waals surface area contributed by atoms with Crippen molar-refractivity contribution in [3.8, 4) is 0 Å². The van der Waals surface area contributed by atoms with E-state index in [0.29, 0.717) is 22.5 Å². The topological polar surface area (TPSA) is 25.8 Å². The van der Waals surface area contributed by atoms with E-state index in [-0.39, 0.29) is 5.56 Å². The molecule has 4 rings (SSSR count). The molecule has 2 heterocycles. The second-order valence-electron chi connectivity index (χ2n) is 10.8. The third-order valence-corrected chi connectivity index (χ3v) is 23.7. The number of unbranched alkanes of at least 4 members (excludes halogenated alkanes) is 3. The Labute approximate surface area is 251 Å². The summed E-state index contributed by atoms with van der Waals surface area (Å²) < 4.78 is 131. The number of aromatic nitrogens is 2. The maximum absolute atomic E-state index is 15.7. The first-order chi connectivity index (χ1) is 20.9. The zero-order valence-corrected chi connectivity index (χ0v) is 26.9. The molecule has 0 bridgehead atoms. The van der Waals surface area contributed by atoms with Crippen molar-refractivity contribution in [2.45, 2.75) is 72.6 Å². The Hall–Kier alpha value is -2.76. The molecule has 0 saturated heterocycles. The fraction of sp³-hybridized carbons (Fsp3) is 0.375. The molecule has 0 radical (unpaired) electrons. The van der Waals surface area contributed by atoms with Crippen molar-refractivity contribution in [2.24, 2.45) is 0 Å². The summed E-state index contributed by atoms with van der Waals surface area (Å²) in [4.78, 5) is 5.24. The van der Waals surface area contributed by atoms with Gasteiger partial charge in [-0.2, -0.15) is 0 Å². The van der Waals surface area contributed by atoms with E-state index in [1.165, 1.54) is 12.1 Å². The predicted octanol–water partition coefficient (Wildman–Crippen LogP) is 10.4. The first-order valence-corrected chi connectivity index (χ1v) is 21.9. The van der Waals surface area contributed by atoms with E-state index in [4.69, 9.17) is 1.37 Å². The van der Waals surface area contributed by atoms with Crippen LogP contribution in [0.1, 0.15) is 82.9 Å². The maximum atomic E-state index is 15.7. The van der Waals surface area contributed by atoms with Crippen LogP contribution in [-0.4, -0.2) is 28.3 Å². The molecular formula is C32H32F8N2Sn. The number of hydrogen-bond acceptors (Lipinski definition) is 2. The molecule has 2 nitrogen and oxygen atoms in total. The Morgan fingerprint density at radius 3 is 1.51 bits per heavy atom. The normalized spacial score (nSPS) is 14.8. The quantitative estimate of drug-likeness (QED) is 0.106. The molecule has 2 aromatic heterocycles. The number of halogens is 8. The fourth-order valence-corrected chi connectivity index (χ4v) is 23.6. The minimum atomic E-state index is -3.98. The number of nitrogens with zero attached hydrogens (tertiary/aromatic N) is 2. The van der Waals surface area contributed by atoms with Gasteiger partial charge in [-0.05, 0) is 0 Å². The molecule has 0 aliphatic heterocycles. The second kappa shape index (κ2) is 13.9. The van der Waals surface area contributed by atoms with Gasteiger partial charge >= 0.3 is 252 Å². The van der Waals surface area contributed by atoms with Crippen molar-refractivity contribution >= 4 is 39.2 Å². The van der Waals surface area contributed by atoms with Gasteiger partial charge in [-0.25, -0.2) is 0 Å². The van der Waals surface area contributed by atoms with Crippen molar-refractivity contribution in [1.29, 1.82) is 0 Å². The van der Waals surface area contributed by atoms with Crippen molar-refractivity contribution in [2.75, 3.05) is 0 Å². The summed E-state index contributed by atoms with van der Waals surface area (Å²) in [6, 6.07) is 5.12. The SMILES string of the molecule is [2H]/C(=C1\C(c2c(F)c(F)nc(F)c2F)=[C]([Sn]([CH2]CCC)([CH2]CCC)[CH2]CCC)c2ccccc21)c1c(F)c(F)nc(F)c1F. The standard InChI is InChI=1S/C20H5F8N2.3C4H9.Sn/c21-13-11(14(22)18(26)29-17(13)25)6-9-8-4-2-1-3-7(8)5-10(9)12-15(23)19(27)30-20(28)16(12)24;3*1-3-4-2;/h1-4,6H;3*1,3-4H2,2H3;/b9-6+;;;;/i6D;;;;. The molecule has 43 heavy (non-hydrogen) atoms. The molecule has 11 heteroatoms. The Bertz CT molecular complexity index is 1560. The van der Waals surface area contributed by atoms with Gasteiger partial charge in [-0.3, -0.25) is 0 Å². The van der Waals surface area contributed by atoms with Gasteiger partial charge in [0.15, 0.2) is 0 Å². The van der Waals surface area contributed by atoms with E-state index in [1.54, 1.807) is 12.1 Å². The van der Waals surface area contributed by atoms with Gasteiger partial charge in [-0.1, -0.05) is 0 Å². The van der Waals surface area contributed by atoms with Gasteiger partial charge in [-0.15, -0.1) is 0 Å². The number of benzene rings is 1. The molecule has 0 fully saturated rings. The monoisotopic (exact) mass is 717 g/mol. The van der Waals surface area contributed by atoms with Crippen LogP contribution in [0.25, 0.3) is 20.8 Å². The Balaban J connectivity index is 2.31. The van der Waals surface area contributed by atoms with E-state index < -0.39 is 93.8 Å². The van der Waals surface area contributed by atoms with E-state index in [0.717, 1.165) is 38.5 Å². The average Bonchev–Trinajstić information content (AvgIpc) is 3.34. The summed E-state index contributed by atoms with van der Waals surface area (Å²) in [5.74, 6) is -15.6.